The Morgan fingerprint density at radius 1 is 1.15 bits per heavy atom. The van der Waals surface area contributed by atoms with E-state index in [4.69, 9.17) is 16.7 Å². The van der Waals surface area contributed by atoms with Gasteiger partial charge < -0.3 is 11.5 Å². The van der Waals surface area contributed by atoms with E-state index in [1.807, 2.05) is 0 Å². The van der Waals surface area contributed by atoms with E-state index < -0.39 is 5.82 Å². The Balaban J connectivity index is 1.87. The summed E-state index contributed by atoms with van der Waals surface area (Å²) in [6, 6.07) is 13.4. The molecule has 2 aromatic heterocycles. The number of hydrogen-bond acceptors (Lipinski definition) is 7. The van der Waals surface area contributed by atoms with Crippen molar-refractivity contribution in [2.75, 3.05) is 11.5 Å². The average molecular weight is 347 g/mol. The Morgan fingerprint density at radius 3 is 2.73 bits per heavy atom. The van der Waals surface area contributed by atoms with Crippen LogP contribution in [0.1, 0.15) is 11.3 Å². The van der Waals surface area contributed by atoms with Gasteiger partial charge in [0.05, 0.1) is 28.7 Å². The number of nitrogen functional groups attached to an aromatic ring is 2. The second-order valence-electron chi connectivity index (χ2n) is 5.35. The SMILES string of the molecule is N#Cc1cccc(-c2cc(N)c(N=NCc3ncccc3F)c(N)n2)c1. The van der Waals surface area contributed by atoms with Gasteiger partial charge in [-0.3, -0.25) is 4.98 Å². The highest BCUT2D eigenvalue weighted by Gasteiger charge is 2.10. The van der Waals surface area contributed by atoms with E-state index in [-0.39, 0.29) is 29.4 Å². The van der Waals surface area contributed by atoms with Crippen LogP contribution in [-0.2, 0) is 6.54 Å². The number of rotatable bonds is 4. The number of nitriles is 1. The van der Waals surface area contributed by atoms with Gasteiger partial charge in [0, 0.05) is 11.8 Å². The summed E-state index contributed by atoms with van der Waals surface area (Å²) in [4.78, 5) is 8.16. The fraction of sp³-hybridized carbons (Fsp3) is 0.0556. The van der Waals surface area contributed by atoms with Crippen molar-refractivity contribution in [1.82, 2.24) is 9.97 Å². The van der Waals surface area contributed by atoms with Crippen molar-refractivity contribution in [2.24, 2.45) is 10.2 Å². The number of halogens is 1. The second kappa shape index (κ2) is 7.36. The first-order valence-electron chi connectivity index (χ1n) is 7.62. The molecule has 1 aromatic carbocycles. The predicted octanol–water partition coefficient (Wildman–Crippen LogP) is 3.60. The molecule has 7 nitrogen and oxygen atoms in total. The fourth-order valence-corrected chi connectivity index (χ4v) is 2.29. The molecule has 0 bridgehead atoms. The van der Waals surface area contributed by atoms with Crippen LogP contribution in [0.3, 0.4) is 0 Å². The summed E-state index contributed by atoms with van der Waals surface area (Å²) in [5.41, 5.74) is 14.3. The molecule has 0 aliphatic carbocycles. The number of azo groups is 1. The minimum Gasteiger partial charge on any atom is -0.397 e. The van der Waals surface area contributed by atoms with Crippen molar-refractivity contribution in [2.45, 2.75) is 6.54 Å². The lowest BCUT2D eigenvalue weighted by Gasteiger charge is -2.07. The summed E-state index contributed by atoms with van der Waals surface area (Å²) < 4.78 is 13.5. The summed E-state index contributed by atoms with van der Waals surface area (Å²) in [6.45, 7) is -0.0441. The van der Waals surface area contributed by atoms with Gasteiger partial charge in [-0.05, 0) is 30.3 Å². The van der Waals surface area contributed by atoms with Gasteiger partial charge in [0.1, 0.15) is 12.4 Å². The maximum absolute atomic E-state index is 13.5. The minimum atomic E-state index is -0.460. The zero-order chi connectivity index (χ0) is 18.5. The van der Waals surface area contributed by atoms with E-state index >= 15 is 0 Å². The maximum atomic E-state index is 13.5. The average Bonchev–Trinajstić information content (AvgIpc) is 2.65. The summed E-state index contributed by atoms with van der Waals surface area (Å²) in [5.74, 6) is -0.370. The summed E-state index contributed by atoms with van der Waals surface area (Å²) in [5, 5.41) is 16.9. The molecule has 0 fully saturated rings. The molecule has 0 aliphatic heterocycles. The number of aromatic nitrogens is 2. The van der Waals surface area contributed by atoms with Gasteiger partial charge in [-0.25, -0.2) is 9.37 Å². The number of pyridine rings is 2. The van der Waals surface area contributed by atoms with Crippen molar-refractivity contribution in [3.05, 3.63) is 65.7 Å². The molecule has 0 atom stereocenters. The molecule has 26 heavy (non-hydrogen) atoms. The van der Waals surface area contributed by atoms with Crippen LogP contribution in [-0.4, -0.2) is 9.97 Å². The van der Waals surface area contributed by atoms with Crippen LogP contribution < -0.4 is 11.5 Å². The van der Waals surface area contributed by atoms with Gasteiger partial charge >= 0.3 is 0 Å². The lowest BCUT2D eigenvalue weighted by atomic mass is 10.1. The third-order valence-corrected chi connectivity index (χ3v) is 3.56. The molecule has 128 valence electrons. The minimum absolute atomic E-state index is 0.0441. The van der Waals surface area contributed by atoms with E-state index in [2.05, 4.69) is 26.3 Å². The van der Waals surface area contributed by atoms with Gasteiger partial charge in [0.2, 0.25) is 0 Å². The van der Waals surface area contributed by atoms with Crippen LogP contribution in [0, 0.1) is 17.1 Å². The zero-order valence-electron chi connectivity index (χ0n) is 13.6. The van der Waals surface area contributed by atoms with Crippen LogP contribution >= 0.6 is 0 Å². The highest BCUT2D eigenvalue weighted by Crippen LogP contribution is 2.32. The normalized spacial score (nSPS) is 10.8. The quantitative estimate of drug-likeness (QED) is 0.697. The molecule has 0 unspecified atom stereocenters. The fourth-order valence-electron chi connectivity index (χ4n) is 2.29. The molecule has 0 spiro atoms. The molecule has 0 saturated heterocycles. The zero-order valence-corrected chi connectivity index (χ0v) is 13.6. The number of nitrogens with zero attached hydrogens (tertiary/aromatic N) is 5. The summed E-state index contributed by atoms with van der Waals surface area (Å²) in [7, 11) is 0. The molecular weight excluding hydrogens is 333 g/mol. The first kappa shape index (κ1) is 17.0. The van der Waals surface area contributed by atoms with Crippen molar-refractivity contribution >= 4 is 17.2 Å². The second-order valence-corrected chi connectivity index (χ2v) is 5.35. The van der Waals surface area contributed by atoms with Crippen LogP contribution in [0.15, 0.2) is 58.9 Å². The monoisotopic (exact) mass is 347 g/mol. The van der Waals surface area contributed by atoms with Crippen molar-refractivity contribution in [3.63, 3.8) is 0 Å². The highest BCUT2D eigenvalue weighted by atomic mass is 19.1. The van der Waals surface area contributed by atoms with E-state index in [1.165, 1.54) is 18.3 Å². The van der Waals surface area contributed by atoms with Crippen molar-refractivity contribution in [3.8, 4) is 17.3 Å². The topological polar surface area (TPSA) is 126 Å². The highest BCUT2D eigenvalue weighted by molar-refractivity contribution is 5.79. The molecule has 0 radical (unpaired) electrons. The molecular formula is C18H14FN7. The molecule has 8 heteroatoms. The molecule has 0 amide bonds. The van der Waals surface area contributed by atoms with E-state index in [0.717, 1.165) is 0 Å². The Kier molecular flexibility index (Phi) is 4.80. The number of benzene rings is 1. The molecule has 4 N–H and O–H groups in total. The van der Waals surface area contributed by atoms with Crippen molar-refractivity contribution in [1.29, 1.82) is 5.26 Å². The Bertz CT molecular complexity index is 1000. The Morgan fingerprint density at radius 2 is 2.00 bits per heavy atom. The van der Waals surface area contributed by atoms with Gasteiger partial charge in [0.15, 0.2) is 11.5 Å². The maximum Gasteiger partial charge on any atom is 0.154 e. The standard InChI is InChI=1S/C18H14FN7/c19-13-5-2-6-23-16(13)10-24-26-17-14(21)8-15(25-18(17)22)12-4-1-3-11(7-12)9-20/h1-8H,10H2,(H4,21,22,25). The summed E-state index contributed by atoms with van der Waals surface area (Å²) in [6.07, 6.45) is 1.47. The third-order valence-electron chi connectivity index (χ3n) is 3.56. The summed E-state index contributed by atoms with van der Waals surface area (Å²) >= 11 is 0. The number of hydrogen-bond donors (Lipinski definition) is 2. The third kappa shape index (κ3) is 3.62. The van der Waals surface area contributed by atoms with Crippen LogP contribution in [0.2, 0.25) is 0 Å². The van der Waals surface area contributed by atoms with Crippen molar-refractivity contribution < 1.29 is 4.39 Å². The van der Waals surface area contributed by atoms with Gasteiger partial charge in [-0.15, -0.1) is 5.11 Å². The van der Waals surface area contributed by atoms with E-state index in [1.54, 1.807) is 30.3 Å². The number of anilines is 2. The van der Waals surface area contributed by atoms with Crippen LogP contribution in [0.25, 0.3) is 11.3 Å². The van der Waals surface area contributed by atoms with E-state index in [0.29, 0.717) is 16.8 Å². The molecule has 3 aromatic rings. The molecule has 0 saturated carbocycles. The smallest absolute Gasteiger partial charge is 0.154 e. The van der Waals surface area contributed by atoms with E-state index in [9.17, 15) is 4.39 Å². The largest absolute Gasteiger partial charge is 0.397 e. The Hall–Kier alpha value is -3.86. The first-order valence-corrected chi connectivity index (χ1v) is 7.62. The first-order chi connectivity index (χ1) is 12.6. The van der Waals surface area contributed by atoms with Crippen LogP contribution in [0.4, 0.5) is 21.6 Å². The van der Waals surface area contributed by atoms with Crippen LogP contribution in [0.5, 0.6) is 0 Å². The van der Waals surface area contributed by atoms with Gasteiger partial charge in [-0.2, -0.15) is 10.4 Å². The molecule has 2 heterocycles. The predicted molar refractivity (Wildman–Crippen MR) is 95.6 cm³/mol. The van der Waals surface area contributed by atoms with Gasteiger partial charge in [-0.1, -0.05) is 12.1 Å². The molecule has 0 aliphatic rings. The lowest BCUT2D eigenvalue weighted by molar-refractivity contribution is 0.598. The number of nitrogens with two attached hydrogens (primary N) is 2. The molecule has 3 rings (SSSR count). The Labute approximate surface area is 148 Å². The van der Waals surface area contributed by atoms with Gasteiger partial charge in [0.25, 0.3) is 0 Å². The lowest BCUT2D eigenvalue weighted by Crippen LogP contribution is -1.98.